The third-order valence-electron chi connectivity index (χ3n) is 5.77. The van der Waals surface area contributed by atoms with Crippen LogP contribution in [0.25, 0.3) is 0 Å². The topological polar surface area (TPSA) is 74.1 Å². The van der Waals surface area contributed by atoms with Crippen LogP contribution in [0.5, 0.6) is 0 Å². The number of carbonyl (C=O) groups is 2. The van der Waals surface area contributed by atoms with Crippen molar-refractivity contribution in [3.05, 3.63) is 96.1 Å². The molecule has 0 fully saturated rings. The van der Waals surface area contributed by atoms with Crippen LogP contribution in [0.3, 0.4) is 0 Å². The summed E-state index contributed by atoms with van der Waals surface area (Å²) < 4.78 is 0. The van der Waals surface area contributed by atoms with Gasteiger partial charge in [0, 0.05) is 17.7 Å². The fourth-order valence-corrected chi connectivity index (χ4v) is 5.07. The molecule has 3 aromatic carbocycles. The van der Waals surface area contributed by atoms with Crippen LogP contribution in [-0.2, 0) is 16.0 Å². The summed E-state index contributed by atoms with van der Waals surface area (Å²) in [6, 6.07) is 26.4. The molecule has 7 heteroatoms. The number of carbonyl (C=O) groups excluding carboxylic acids is 2. The van der Waals surface area contributed by atoms with Gasteiger partial charge in [0.25, 0.3) is 5.91 Å². The molecule has 2 aliphatic rings. The lowest BCUT2D eigenvalue weighted by Crippen LogP contribution is -2.42. The molecule has 0 saturated heterocycles. The van der Waals surface area contributed by atoms with E-state index < -0.39 is 11.3 Å². The molecule has 0 aliphatic carbocycles. The van der Waals surface area contributed by atoms with Crippen LogP contribution in [-0.4, -0.2) is 39.0 Å². The summed E-state index contributed by atoms with van der Waals surface area (Å²) >= 11 is 1.31. The molecule has 2 atom stereocenters. The molecule has 0 saturated carbocycles. The fraction of sp³-hybridized carbons (Fsp3) is 0.185. The first-order valence-electron chi connectivity index (χ1n) is 11.3. The van der Waals surface area contributed by atoms with Gasteiger partial charge in [-0.1, -0.05) is 79.3 Å². The summed E-state index contributed by atoms with van der Waals surface area (Å²) in [5.41, 5.74) is 3.38. The Hall–Kier alpha value is -3.71. The molecule has 2 aliphatic heterocycles. The second kappa shape index (κ2) is 9.65. The van der Waals surface area contributed by atoms with E-state index in [1.165, 1.54) is 11.8 Å². The Balaban J connectivity index is 1.43. The maximum atomic E-state index is 13.5. The number of fused-ring (bicyclic) bond motifs is 3. The Morgan fingerprint density at radius 3 is 2.41 bits per heavy atom. The van der Waals surface area contributed by atoms with Crippen LogP contribution in [0.15, 0.2) is 94.9 Å². The van der Waals surface area contributed by atoms with E-state index in [9.17, 15) is 9.59 Å². The molecule has 0 spiro atoms. The first kappa shape index (κ1) is 22.1. The lowest BCUT2D eigenvalue weighted by atomic mass is 10.1. The lowest BCUT2D eigenvalue weighted by molar-refractivity contribution is -0.124. The standard InChI is InChI=1S/C27H24N4O2S/c1-2-23(25(32)28-19-13-7-4-8-14-19)34-27-30-21-16-10-9-15-20(21)24-29-22(26(33)31(24)27)17-18-11-5-3-6-12-18/h3-16,22-23H,2,17H2,1H3,(H,28,32)/t22-,23-/m0/s1. The molecule has 6 nitrogen and oxygen atoms in total. The number of rotatable bonds is 6. The van der Waals surface area contributed by atoms with Gasteiger partial charge in [0.15, 0.2) is 5.17 Å². The van der Waals surface area contributed by atoms with Gasteiger partial charge in [-0.2, -0.15) is 0 Å². The number of amidine groups is 2. The van der Waals surface area contributed by atoms with Gasteiger partial charge in [0.05, 0.1) is 10.9 Å². The van der Waals surface area contributed by atoms with Crippen molar-refractivity contribution in [3.63, 3.8) is 0 Å². The smallest absolute Gasteiger partial charge is 0.259 e. The third-order valence-corrected chi connectivity index (χ3v) is 7.09. The zero-order valence-corrected chi connectivity index (χ0v) is 19.5. The van der Waals surface area contributed by atoms with E-state index in [1.807, 2.05) is 91.9 Å². The summed E-state index contributed by atoms with van der Waals surface area (Å²) in [7, 11) is 0. The fourth-order valence-electron chi connectivity index (χ4n) is 4.05. The maximum absolute atomic E-state index is 13.5. The van der Waals surface area contributed by atoms with Crippen LogP contribution >= 0.6 is 11.8 Å². The van der Waals surface area contributed by atoms with E-state index in [-0.39, 0.29) is 11.8 Å². The molecule has 170 valence electrons. The van der Waals surface area contributed by atoms with Crippen LogP contribution < -0.4 is 5.32 Å². The van der Waals surface area contributed by atoms with Crippen LogP contribution in [0.4, 0.5) is 11.4 Å². The second-order valence-electron chi connectivity index (χ2n) is 8.11. The summed E-state index contributed by atoms with van der Waals surface area (Å²) in [5.74, 6) is 0.376. The number of anilines is 1. The summed E-state index contributed by atoms with van der Waals surface area (Å²) in [5, 5.41) is 3.05. The zero-order valence-electron chi connectivity index (χ0n) is 18.7. The molecule has 2 heterocycles. The largest absolute Gasteiger partial charge is 0.325 e. The molecule has 0 aromatic heterocycles. The Kier molecular flexibility index (Phi) is 6.27. The highest BCUT2D eigenvalue weighted by molar-refractivity contribution is 8.15. The Morgan fingerprint density at radius 2 is 1.68 bits per heavy atom. The number of amides is 2. The van der Waals surface area contributed by atoms with Gasteiger partial charge in [-0.15, -0.1) is 0 Å². The molecule has 3 aromatic rings. The summed E-state index contributed by atoms with van der Waals surface area (Å²) in [6.45, 7) is 1.96. The molecule has 2 amide bonds. The molecular formula is C27H24N4O2S. The Labute approximate surface area is 202 Å². The molecule has 0 radical (unpaired) electrons. The average Bonchev–Trinajstić information content (AvgIpc) is 3.20. The molecule has 5 rings (SSSR count). The van der Waals surface area contributed by atoms with E-state index in [0.717, 1.165) is 22.5 Å². The van der Waals surface area contributed by atoms with Gasteiger partial charge in [-0.3, -0.25) is 14.6 Å². The maximum Gasteiger partial charge on any atom is 0.259 e. The van der Waals surface area contributed by atoms with Crippen molar-refractivity contribution in [1.29, 1.82) is 0 Å². The monoisotopic (exact) mass is 468 g/mol. The predicted molar refractivity (Wildman–Crippen MR) is 138 cm³/mol. The summed E-state index contributed by atoms with van der Waals surface area (Å²) in [4.78, 5) is 37.7. The van der Waals surface area contributed by atoms with Crippen molar-refractivity contribution >= 4 is 46.0 Å². The van der Waals surface area contributed by atoms with E-state index in [1.54, 1.807) is 4.90 Å². The van der Waals surface area contributed by atoms with Gasteiger partial charge in [0.1, 0.15) is 11.9 Å². The van der Waals surface area contributed by atoms with Crippen molar-refractivity contribution in [2.45, 2.75) is 31.1 Å². The van der Waals surface area contributed by atoms with Gasteiger partial charge in [-0.25, -0.2) is 9.89 Å². The van der Waals surface area contributed by atoms with Gasteiger partial charge in [0.2, 0.25) is 5.91 Å². The second-order valence-corrected chi connectivity index (χ2v) is 9.28. The van der Waals surface area contributed by atoms with Crippen LogP contribution in [0, 0.1) is 0 Å². The number of para-hydroxylation sites is 2. The first-order valence-corrected chi connectivity index (χ1v) is 12.2. The highest BCUT2D eigenvalue weighted by Gasteiger charge is 2.42. The van der Waals surface area contributed by atoms with Crippen molar-refractivity contribution < 1.29 is 9.59 Å². The molecule has 0 bridgehead atoms. The minimum Gasteiger partial charge on any atom is -0.325 e. The minimum absolute atomic E-state index is 0.113. The molecule has 1 N–H and O–H groups in total. The Bertz CT molecular complexity index is 1270. The van der Waals surface area contributed by atoms with Crippen LogP contribution in [0.1, 0.15) is 24.5 Å². The van der Waals surface area contributed by atoms with E-state index in [4.69, 9.17) is 9.98 Å². The Morgan fingerprint density at radius 1 is 1.00 bits per heavy atom. The average molecular weight is 469 g/mol. The molecule has 34 heavy (non-hydrogen) atoms. The van der Waals surface area contributed by atoms with Crippen molar-refractivity contribution in [3.8, 4) is 0 Å². The van der Waals surface area contributed by atoms with Gasteiger partial charge >= 0.3 is 0 Å². The number of hydrogen-bond acceptors (Lipinski definition) is 5. The van der Waals surface area contributed by atoms with Gasteiger partial charge < -0.3 is 5.32 Å². The normalized spacial score (nSPS) is 17.4. The van der Waals surface area contributed by atoms with E-state index in [0.29, 0.717) is 23.8 Å². The quantitative estimate of drug-likeness (QED) is 0.551. The van der Waals surface area contributed by atoms with Crippen molar-refractivity contribution in [1.82, 2.24) is 4.90 Å². The molecular weight excluding hydrogens is 444 g/mol. The number of aliphatic imine (C=N–C) groups is 2. The van der Waals surface area contributed by atoms with Crippen LogP contribution in [0.2, 0.25) is 0 Å². The van der Waals surface area contributed by atoms with Crippen molar-refractivity contribution in [2.24, 2.45) is 9.98 Å². The number of nitrogens with one attached hydrogen (secondary N) is 1. The highest BCUT2D eigenvalue weighted by atomic mass is 32.2. The van der Waals surface area contributed by atoms with E-state index >= 15 is 0 Å². The van der Waals surface area contributed by atoms with E-state index in [2.05, 4.69) is 5.32 Å². The minimum atomic E-state index is -0.521. The first-order chi connectivity index (χ1) is 16.6. The molecule has 0 unspecified atom stereocenters. The van der Waals surface area contributed by atoms with Crippen molar-refractivity contribution in [2.75, 3.05) is 5.32 Å². The zero-order chi connectivity index (χ0) is 23.5. The predicted octanol–water partition coefficient (Wildman–Crippen LogP) is 5.04. The number of benzene rings is 3. The lowest BCUT2D eigenvalue weighted by Gasteiger charge is -2.27. The van der Waals surface area contributed by atoms with Gasteiger partial charge in [-0.05, 0) is 36.2 Å². The summed E-state index contributed by atoms with van der Waals surface area (Å²) in [6.07, 6.45) is 1.11. The highest BCUT2D eigenvalue weighted by Crippen LogP contribution is 2.35. The number of nitrogens with zero attached hydrogens (tertiary/aromatic N) is 3. The number of thioether (sulfide) groups is 1. The third kappa shape index (κ3) is 4.39. The number of hydrogen-bond donors (Lipinski definition) is 1. The SMILES string of the molecule is CC[C@H](SC1=Nc2ccccc2C2=N[C@@H](Cc3ccccc3)C(=O)N12)C(=O)Nc1ccccc1.